The van der Waals surface area contributed by atoms with Gasteiger partial charge in [-0.3, -0.25) is 0 Å². The maximum Gasteiger partial charge on any atom is 0.339 e. The molecule has 0 spiro atoms. The standard InChI is InChI=1S/C20H20BrN3O5S/c1-24-11-10-22-19(24)18(13-4-6-14(28-2)7-5-13)23-30(26,27)15-8-9-17(21)16(12-15)20(25)29-3/h4-12,18,23H,1-3H3. The number of nitrogens with one attached hydrogen (secondary N) is 1. The smallest absolute Gasteiger partial charge is 0.339 e. The van der Waals surface area contributed by atoms with Crippen molar-refractivity contribution in [3.63, 3.8) is 0 Å². The molecule has 158 valence electrons. The minimum atomic E-state index is -4.01. The first-order valence-electron chi connectivity index (χ1n) is 8.78. The van der Waals surface area contributed by atoms with E-state index < -0.39 is 22.0 Å². The molecule has 30 heavy (non-hydrogen) atoms. The predicted molar refractivity (Wildman–Crippen MR) is 114 cm³/mol. The van der Waals surface area contributed by atoms with E-state index in [1.807, 2.05) is 0 Å². The first-order valence-corrected chi connectivity index (χ1v) is 11.1. The van der Waals surface area contributed by atoms with Gasteiger partial charge in [0.05, 0.1) is 24.7 Å². The zero-order chi connectivity index (χ0) is 21.9. The lowest BCUT2D eigenvalue weighted by molar-refractivity contribution is 0.0599. The Bertz CT molecular complexity index is 1160. The predicted octanol–water partition coefficient (Wildman–Crippen LogP) is 3.05. The van der Waals surface area contributed by atoms with Gasteiger partial charge in [0.15, 0.2) is 0 Å². The summed E-state index contributed by atoms with van der Waals surface area (Å²) in [5, 5.41) is 0. The van der Waals surface area contributed by atoms with Crippen LogP contribution in [-0.2, 0) is 21.8 Å². The molecule has 1 heterocycles. The van der Waals surface area contributed by atoms with E-state index in [0.29, 0.717) is 21.6 Å². The van der Waals surface area contributed by atoms with E-state index in [9.17, 15) is 13.2 Å². The lowest BCUT2D eigenvalue weighted by Gasteiger charge is -2.20. The number of benzene rings is 2. The molecule has 0 aliphatic carbocycles. The number of esters is 1. The second kappa shape index (κ2) is 8.99. The van der Waals surface area contributed by atoms with Crippen LogP contribution in [0.1, 0.15) is 27.8 Å². The summed E-state index contributed by atoms with van der Waals surface area (Å²) in [6, 6.07) is 10.4. The molecular weight excluding hydrogens is 474 g/mol. The number of rotatable bonds is 7. The van der Waals surface area contributed by atoms with Gasteiger partial charge < -0.3 is 14.0 Å². The fraction of sp³-hybridized carbons (Fsp3) is 0.200. The number of sulfonamides is 1. The van der Waals surface area contributed by atoms with Crippen molar-refractivity contribution in [2.45, 2.75) is 10.9 Å². The number of nitrogens with zero attached hydrogens (tertiary/aromatic N) is 2. The summed E-state index contributed by atoms with van der Waals surface area (Å²) in [5.74, 6) is 0.514. The molecule has 2 aromatic carbocycles. The second-order valence-corrected chi connectivity index (χ2v) is 8.93. The van der Waals surface area contributed by atoms with E-state index in [-0.39, 0.29) is 10.5 Å². The van der Waals surface area contributed by atoms with Crippen LogP contribution in [-0.4, -0.2) is 38.2 Å². The van der Waals surface area contributed by atoms with Gasteiger partial charge in [0.2, 0.25) is 10.0 Å². The zero-order valence-electron chi connectivity index (χ0n) is 16.5. The van der Waals surface area contributed by atoms with Gasteiger partial charge in [-0.25, -0.2) is 18.2 Å². The van der Waals surface area contributed by atoms with Gasteiger partial charge in [0.25, 0.3) is 0 Å². The van der Waals surface area contributed by atoms with Gasteiger partial charge in [-0.2, -0.15) is 4.72 Å². The SMILES string of the molecule is COC(=O)c1cc(S(=O)(=O)NC(c2ccc(OC)cc2)c2nccn2C)ccc1Br. The number of carbonyl (C=O) groups excluding carboxylic acids is 1. The average Bonchev–Trinajstić information content (AvgIpc) is 3.17. The van der Waals surface area contributed by atoms with E-state index in [2.05, 4.69) is 25.6 Å². The summed E-state index contributed by atoms with van der Waals surface area (Å²) < 4.78 is 41.1. The van der Waals surface area contributed by atoms with E-state index in [4.69, 9.17) is 9.47 Å². The number of methoxy groups -OCH3 is 2. The summed E-state index contributed by atoms with van der Waals surface area (Å²) in [6.45, 7) is 0. The summed E-state index contributed by atoms with van der Waals surface area (Å²) in [5.41, 5.74) is 0.789. The normalized spacial score (nSPS) is 12.4. The Morgan fingerprint density at radius 2 is 1.87 bits per heavy atom. The number of halogens is 1. The number of aryl methyl sites for hydroxylation is 1. The Morgan fingerprint density at radius 3 is 2.43 bits per heavy atom. The van der Waals surface area contributed by atoms with E-state index in [0.717, 1.165) is 0 Å². The minimum Gasteiger partial charge on any atom is -0.497 e. The van der Waals surface area contributed by atoms with Gasteiger partial charge in [0, 0.05) is 23.9 Å². The molecule has 0 saturated carbocycles. The van der Waals surface area contributed by atoms with Crippen LogP contribution in [0.3, 0.4) is 0 Å². The van der Waals surface area contributed by atoms with Crippen molar-refractivity contribution in [2.75, 3.05) is 14.2 Å². The highest BCUT2D eigenvalue weighted by Crippen LogP contribution is 2.27. The Morgan fingerprint density at radius 1 is 1.17 bits per heavy atom. The molecule has 1 unspecified atom stereocenters. The van der Waals surface area contributed by atoms with Crippen LogP contribution in [0, 0.1) is 0 Å². The Hall–Kier alpha value is -2.69. The van der Waals surface area contributed by atoms with Crippen molar-refractivity contribution in [1.82, 2.24) is 14.3 Å². The highest BCUT2D eigenvalue weighted by molar-refractivity contribution is 9.10. The highest BCUT2D eigenvalue weighted by atomic mass is 79.9. The molecule has 8 nitrogen and oxygen atoms in total. The van der Waals surface area contributed by atoms with Crippen LogP contribution >= 0.6 is 15.9 Å². The topological polar surface area (TPSA) is 99.5 Å². The van der Waals surface area contributed by atoms with Crippen molar-refractivity contribution in [3.8, 4) is 5.75 Å². The molecule has 10 heteroatoms. The van der Waals surface area contributed by atoms with Gasteiger partial charge in [-0.1, -0.05) is 12.1 Å². The molecular formula is C20H20BrN3O5S. The van der Waals surface area contributed by atoms with E-state index in [1.165, 1.54) is 25.3 Å². The number of imidazole rings is 1. The maximum atomic E-state index is 13.2. The van der Waals surface area contributed by atoms with Crippen molar-refractivity contribution in [2.24, 2.45) is 7.05 Å². The van der Waals surface area contributed by atoms with Crippen LogP contribution in [0.5, 0.6) is 5.75 Å². The first-order chi connectivity index (χ1) is 14.3. The molecule has 0 amide bonds. The summed E-state index contributed by atoms with van der Waals surface area (Å²) in [7, 11) is 0.557. The molecule has 1 aromatic heterocycles. The molecule has 0 aliphatic heterocycles. The number of aromatic nitrogens is 2. The number of hydrogen-bond donors (Lipinski definition) is 1. The summed E-state index contributed by atoms with van der Waals surface area (Å²) in [4.78, 5) is 16.2. The first kappa shape index (κ1) is 22.0. The van der Waals surface area contributed by atoms with Crippen LogP contribution in [0.25, 0.3) is 0 Å². The second-order valence-electron chi connectivity index (χ2n) is 6.36. The monoisotopic (exact) mass is 493 g/mol. The van der Waals surface area contributed by atoms with Gasteiger partial charge in [0.1, 0.15) is 17.6 Å². The van der Waals surface area contributed by atoms with Gasteiger partial charge >= 0.3 is 5.97 Å². The van der Waals surface area contributed by atoms with Crippen molar-refractivity contribution in [1.29, 1.82) is 0 Å². The molecule has 1 N–H and O–H groups in total. The molecule has 0 saturated heterocycles. The largest absolute Gasteiger partial charge is 0.497 e. The molecule has 0 radical (unpaired) electrons. The molecule has 3 rings (SSSR count). The number of hydrogen-bond acceptors (Lipinski definition) is 6. The van der Waals surface area contributed by atoms with E-state index in [1.54, 1.807) is 55.4 Å². The molecule has 1 atom stereocenters. The molecule has 0 aliphatic rings. The van der Waals surface area contributed by atoms with Gasteiger partial charge in [-0.15, -0.1) is 0 Å². The van der Waals surface area contributed by atoms with Crippen molar-refractivity contribution in [3.05, 3.63) is 76.3 Å². The van der Waals surface area contributed by atoms with Crippen LogP contribution in [0.15, 0.2) is 64.2 Å². The van der Waals surface area contributed by atoms with Crippen LogP contribution in [0.4, 0.5) is 0 Å². The fourth-order valence-electron chi connectivity index (χ4n) is 2.88. The Balaban J connectivity index is 2.03. The molecule has 3 aromatic rings. The summed E-state index contributed by atoms with van der Waals surface area (Å²) in [6.07, 6.45) is 3.32. The lowest BCUT2D eigenvalue weighted by atomic mass is 10.1. The average molecular weight is 494 g/mol. The third-order valence-corrected chi connectivity index (χ3v) is 6.60. The number of ether oxygens (including phenoxy) is 2. The Kier molecular flexibility index (Phi) is 6.59. The maximum absolute atomic E-state index is 13.2. The van der Waals surface area contributed by atoms with Crippen molar-refractivity contribution >= 4 is 31.9 Å². The lowest BCUT2D eigenvalue weighted by Crippen LogP contribution is -2.31. The zero-order valence-corrected chi connectivity index (χ0v) is 18.9. The summed E-state index contributed by atoms with van der Waals surface area (Å²) >= 11 is 3.24. The quantitative estimate of drug-likeness (QED) is 0.507. The van der Waals surface area contributed by atoms with Crippen molar-refractivity contribution < 1.29 is 22.7 Å². The molecule has 0 bridgehead atoms. The third kappa shape index (κ3) is 4.55. The van der Waals surface area contributed by atoms with Gasteiger partial charge in [-0.05, 0) is 51.8 Å². The Labute approximate surface area is 183 Å². The number of carbonyl (C=O) groups is 1. The van der Waals surface area contributed by atoms with Crippen LogP contribution in [0.2, 0.25) is 0 Å². The third-order valence-electron chi connectivity index (χ3n) is 4.49. The fourth-order valence-corrected chi connectivity index (χ4v) is 4.50. The minimum absolute atomic E-state index is 0.0705. The van der Waals surface area contributed by atoms with Crippen LogP contribution < -0.4 is 9.46 Å². The van der Waals surface area contributed by atoms with E-state index >= 15 is 0 Å². The molecule has 0 fully saturated rings. The highest BCUT2D eigenvalue weighted by Gasteiger charge is 2.27.